The zero-order valence-corrected chi connectivity index (χ0v) is 15.1. The van der Waals surface area contributed by atoms with Crippen molar-refractivity contribution in [2.24, 2.45) is 0 Å². The highest BCUT2D eigenvalue weighted by atomic mass is 35.5. The first-order valence-electron chi connectivity index (χ1n) is 7.39. The van der Waals surface area contributed by atoms with E-state index >= 15 is 0 Å². The van der Waals surface area contributed by atoms with Crippen molar-refractivity contribution in [1.82, 2.24) is 15.2 Å². The van der Waals surface area contributed by atoms with E-state index in [0.29, 0.717) is 22.1 Å². The van der Waals surface area contributed by atoms with Crippen LogP contribution in [0.1, 0.15) is 11.4 Å². The Morgan fingerprint density at radius 2 is 1.88 bits per heavy atom. The van der Waals surface area contributed by atoms with Crippen molar-refractivity contribution in [1.29, 1.82) is 0 Å². The normalized spacial score (nSPS) is 11.3. The molecule has 0 radical (unpaired) electrons. The number of aryl methyl sites for hydroxylation is 2. The maximum atomic E-state index is 12.5. The summed E-state index contributed by atoms with van der Waals surface area (Å²) in [5.41, 5.74) is 2.31. The third-order valence-electron chi connectivity index (χ3n) is 3.48. The summed E-state index contributed by atoms with van der Waals surface area (Å²) in [6.45, 7) is 3.28. The van der Waals surface area contributed by atoms with Crippen molar-refractivity contribution in [3.63, 3.8) is 0 Å². The fourth-order valence-electron chi connectivity index (χ4n) is 2.37. The number of sulfonamides is 1. The highest BCUT2D eigenvalue weighted by molar-refractivity contribution is 7.92. The molecule has 0 fully saturated rings. The Hall–Kier alpha value is -2.58. The minimum atomic E-state index is -3.76. The number of anilines is 3. The lowest BCUT2D eigenvalue weighted by atomic mass is 10.3. The van der Waals surface area contributed by atoms with E-state index in [0.717, 1.165) is 5.69 Å². The second kappa shape index (κ2) is 6.73. The van der Waals surface area contributed by atoms with Crippen molar-refractivity contribution in [2.75, 3.05) is 10.0 Å². The van der Waals surface area contributed by atoms with Crippen LogP contribution in [0.5, 0.6) is 0 Å². The zero-order chi connectivity index (χ0) is 18.0. The van der Waals surface area contributed by atoms with E-state index in [2.05, 4.69) is 25.2 Å². The van der Waals surface area contributed by atoms with Crippen LogP contribution < -0.4 is 10.0 Å². The Bertz CT molecular complexity index is 980. The van der Waals surface area contributed by atoms with Crippen LogP contribution in [0.15, 0.2) is 47.5 Å². The highest BCUT2D eigenvalue weighted by Gasteiger charge is 2.22. The molecule has 0 saturated heterocycles. The smallest absolute Gasteiger partial charge is 0.266 e. The number of H-pyrrole nitrogens is 1. The van der Waals surface area contributed by atoms with Gasteiger partial charge in [-0.25, -0.2) is 13.4 Å². The standard InChI is InChI=1S/C16H16ClN5O2S/c1-10-16(11(2)21-20-10)25(23,24)22-15-8-7-12(9-18-15)19-14-6-4-3-5-13(14)17/h3-9,19H,1-2H3,(H,18,22)(H,20,21). The second-order valence-corrected chi connectivity index (χ2v) is 7.43. The van der Waals surface area contributed by atoms with Crippen LogP contribution in [0.2, 0.25) is 5.02 Å². The molecule has 0 bridgehead atoms. The van der Waals surface area contributed by atoms with Crippen molar-refractivity contribution in [2.45, 2.75) is 18.7 Å². The molecule has 9 heteroatoms. The molecule has 3 rings (SSSR count). The number of hydrogen-bond donors (Lipinski definition) is 3. The summed E-state index contributed by atoms with van der Waals surface area (Å²) in [4.78, 5) is 4.26. The third kappa shape index (κ3) is 3.75. The molecule has 3 aromatic rings. The molecule has 0 spiro atoms. The number of rotatable bonds is 5. The average Bonchev–Trinajstić information content (AvgIpc) is 2.91. The van der Waals surface area contributed by atoms with Gasteiger partial charge in [-0.05, 0) is 38.1 Å². The van der Waals surface area contributed by atoms with Gasteiger partial charge in [0.2, 0.25) is 0 Å². The average molecular weight is 378 g/mol. The van der Waals surface area contributed by atoms with Crippen LogP contribution in [0.4, 0.5) is 17.2 Å². The molecule has 0 aliphatic rings. The van der Waals surface area contributed by atoms with Crippen LogP contribution >= 0.6 is 11.6 Å². The van der Waals surface area contributed by atoms with Crippen molar-refractivity contribution < 1.29 is 8.42 Å². The molecule has 0 unspecified atom stereocenters. The van der Waals surface area contributed by atoms with Gasteiger partial charge in [0.1, 0.15) is 10.7 Å². The van der Waals surface area contributed by atoms with Crippen LogP contribution in [0, 0.1) is 13.8 Å². The molecule has 0 aliphatic carbocycles. The topological polar surface area (TPSA) is 99.8 Å². The Morgan fingerprint density at radius 1 is 1.12 bits per heavy atom. The van der Waals surface area contributed by atoms with E-state index in [-0.39, 0.29) is 10.7 Å². The Balaban J connectivity index is 1.78. The first kappa shape index (κ1) is 17.2. The Labute approximate surface area is 150 Å². The fraction of sp³-hybridized carbons (Fsp3) is 0.125. The van der Waals surface area contributed by atoms with Crippen molar-refractivity contribution in [3.05, 3.63) is 59.0 Å². The van der Waals surface area contributed by atoms with E-state index in [9.17, 15) is 8.42 Å². The molecule has 0 atom stereocenters. The summed E-state index contributed by atoms with van der Waals surface area (Å²) in [6.07, 6.45) is 1.52. The predicted molar refractivity (Wildman–Crippen MR) is 97.8 cm³/mol. The minimum absolute atomic E-state index is 0.132. The van der Waals surface area contributed by atoms with Gasteiger partial charge in [0.25, 0.3) is 10.0 Å². The summed E-state index contributed by atoms with van der Waals surface area (Å²) in [5.74, 6) is 0.213. The zero-order valence-electron chi connectivity index (χ0n) is 13.5. The Kier molecular flexibility index (Phi) is 4.65. The van der Waals surface area contributed by atoms with Gasteiger partial charge >= 0.3 is 0 Å². The van der Waals surface area contributed by atoms with Crippen LogP contribution in [0.3, 0.4) is 0 Å². The van der Waals surface area contributed by atoms with Gasteiger partial charge < -0.3 is 5.32 Å². The molecule has 7 nitrogen and oxygen atoms in total. The summed E-state index contributed by atoms with van der Waals surface area (Å²) in [6, 6.07) is 10.6. The predicted octanol–water partition coefficient (Wildman–Crippen LogP) is 3.62. The van der Waals surface area contributed by atoms with E-state index in [1.165, 1.54) is 6.20 Å². The second-order valence-electron chi connectivity index (χ2n) is 5.41. The van der Waals surface area contributed by atoms with Crippen molar-refractivity contribution >= 4 is 38.8 Å². The van der Waals surface area contributed by atoms with Gasteiger partial charge in [-0.15, -0.1) is 0 Å². The lowest BCUT2D eigenvalue weighted by Gasteiger charge is -2.10. The van der Waals surface area contributed by atoms with E-state index < -0.39 is 10.0 Å². The summed E-state index contributed by atoms with van der Waals surface area (Å²) < 4.78 is 27.4. The van der Waals surface area contributed by atoms with Crippen molar-refractivity contribution in [3.8, 4) is 0 Å². The molecule has 0 aliphatic heterocycles. The van der Waals surface area contributed by atoms with Crippen LogP contribution in [0.25, 0.3) is 0 Å². The molecule has 2 heterocycles. The minimum Gasteiger partial charge on any atom is -0.353 e. The largest absolute Gasteiger partial charge is 0.353 e. The molecule has 2 aromatic heterocycles. The SMILES string of the molecule is Cc1n[nH]c(C)c1S(=O)(=O)Nc1ccc(Nc2ccccc2Cl)cn1. The van der Waals surface area contributed by atoms with Gasteiger partial charge in [-0.2, -0.15) is 5.10 Å². The quantitative estimate of drug-likeness (QED) is 0.630. The number of nitrogens with one attached hydrogen (secondary N) is 3. The van der Waals surface area contributed by atoms with Gasteiger partial charge in [0.15, 0.2) is 0 Å². The maximum absolute atomic E-state index is 12.5. The molecule has 130 valence electrons. The first-order chi connectivity index (χ1) is 11.9. The van der Waals surface area contributed by atoms with E-state index in [1.54, 1.807) is 32.0 Å². The number of hydrogen-bond acceptors (Lipinski definition) is 5. The summed E-state index contributed by atoms with van der Waals surface area (Å²) in [7, 11) is -3.76. The lowest BCUT2D eigenvalue weighted by Crippen LogP contribution is -2.15. The van der Waals surface area contributed by atoms with Gasteiger partial charge in [-0.1, -0.05) is 23.7 Å². The monoisotopic (exact) mass is 377 g/mol. The molecule has 3 N–H and O–H groups in total. The highest BCUT2D eigenvalue weighted by Crippen LogP contribution is 2.25. The number of pyridine rings is 1. The third-order valence-corrected chi connectivity index (χ3v) is 5.43. The number of aromatic amines is 1. The Morgan fingerprint density at radius 3 is 2.48 bits per heavy atom. The molecule has 0 saturated carbocycles. The number of benzene rings is 1. The summed E-state index contributed by atoms with van der Waals surface area (Å²) >= 11 is 6.10. The summed E-state index contributed by atoms with van der Waals surface area (Å²) in [5, 5.41) is 10.3. The number of nitrogens with zero attached hydrogens (tertiary/aromatic N) is 2. The first-order valence-corrected chi connectivity index (χ1v) is 9.25. The fourth-order valence-corrected chi connectivity index (χ4v) is 3.94. The maximum Gasteiger partial charge on any atom is 0.266 e. The molecule has 0 amide bonds. The van der Waals surface area contributed by atoms with Crippen LogP contribution in [-0.4, -0.2) is 23.6 Å². The number of aromatic nitrogens is 3. The van der Waals surface area contributed by atoms with Gasteiger partial charge in [0, 0.05) is 0 Å². The molecular formula is C16H16ClN5O2S. The molecular weight excluding hydrogens is 362 g/mol. The van der Waals surface area contributed by atoms with Gasteiger partial charge in [0.05, 0.1) is 34.0 Å². The lowest BCUT2D eigenvalue weighted by molar-refractivity contribution is 0.600. The van der Waals surface area contributed by atoms with E-state index in [4.69, 9.17) is 11.6 Å². The molecule has 25 heavy (non-hydrogen) atoms. The van der Waals surface area contributed by atoms with Gasteiger partial charge in [-0.3, -0.25) is 9.82 Å². The molecule has 1 aromatic carbocycles. The number of halogens is 1. The van der Waals surface area contributed by atoms with E-state index in [1.807, 2.05) is 18.2 Å². The number of para-hydroxylation sites is 1. The van der Waals surface area contributed by atoms with Crippen LogP contribution in [-0.2, 0) is 10.0 Å².